The van der Waals surface area contributed by atoms with Crippen LogP contribution in [0.4, 0.5) is 0 Å². The summed E-state index contributed by atoms with van der Waals surface area (Å²) < 4.78 is 0. The second-order valence-corrected chi connectivity index (χ2v) is 9.49. The Bertz CT molecular complexity index is 966. The van der Waals surface area contributed by atoms with E-state index < -0.39 is 5.97 Å². The molecule has 3 aliphatic rings. The molecule has 0 amide bonds. The molecule has 3 aliphatic carbocycles. The van der Waals surface area contributed by atoms with E-state index in [9.17, 15) is 9.90 Å². The third kappa shape index (κ3) is 3.08. The van der Waals surface area contributed by atoms with Gasteiger partial charge in [-0.25, -0.2) is 4.79 Å². The zero-order chi connectivity index (χ0) is 20.2. The van der Waals surface area contributed by atoms with Crippen molar-refractivity contribution in [1.29, 1.82) is 0 Å². The van der Waals surface area contributed by atoms with Gasteiger partial charge < -0.3 is 10.2 Å². The highest BCUT2D eigenvalue weighted by Crippen LogP contribution is 2.65. The minimum absolute atomic E-state index is 0.171. The summed E-state index contributed by atoms with van der Waals surface area (Å²) in [5.74, 6) is 2.13. The van der Waals surface area contributed by atoms with Gasteiger partial charge in [0, 0.05) is 5.56 Å². The van der Waals surface area contributed by atoms with E-state index in [1.807, 2.05) is 24.3 Å². The number of rotatable bonds is 4. The molecule has 3 fully saturated rings. The fourth-order valence-corrected chi connectivity index (χ4v) is 6.59. The smallest absolute Gasteiger partial charge is 0.335 e. The molecule has 2 aromatic carbocycles. The van der Waals surface area contributed by atoms with Gasteiger partial charge in [-0.05, 0) is 90.3 Å². The zero-order valence-corrected chi connectivity index (χ0v) is 16.9. The standard InChI is InChI=1S/C26H28O3/c1-16(11-17-5-7-18(8-6-17)25(28)29)19-9-10-24(27)23(12-19)26-13-20-3-2-4-21(14-26)22(20)15-26/h5-12,20-22,27H,2-4,13-15H2,1H3,(H,28,29)/b16-11+. The van der Waals surface area contributed by atoms with Gasteiger partial charge in [-0.1, -0.05) is 43.5 Å². The van der Waals surface area contributed by atoms with Crippen LogP contribution >= 0.6 is 0 Å². The highest BCUT2D eigenvalue weighted by molar-refractivity contribution is 5.88. The molecule has 2 bridgehead atoms. The molecule has 2 atom stereocenters. The molecule has 3 heteroatoms. The van der Waals surface area contributed by atoms with Gasteiger partial charge in [-0.2, -0.15) is 0 Å². The topological polar surface area (TPSA) is 57.5 Å². The maximum absolute atomic E-state index is 11.0. The maximum Gasteiger partial charge on any atom is 0.335 e. The van der Waals surface area contributed by atoms with Crippen molar-refractivity contribution in [2.75, 3.05) is 0 Å². The third-order valence-electron chi connectivity index (χ3n) is 7.86. The molecular weight excluding hydrogens is 360 g/mol. The van der Waals surface area contributed by atoms with Gasteiger partial charge in [0.05, 0.1) is 5.56 Å². The highest BCUT2D eigenvalue weighted by Gasteiger charge is 2.57. The fraction of sp³-hybridized carbons (Fsp3) is 0.423. The lowest BCUT2D eigenvalue weighted by Gasteiger charge is -2.39. The Morgan fingerprint density at radius 3 is 2.28 bits per heavy atom. The number of phenols is 1. The van der Waals surface area contributed by atoms with E-state index in [0.717, 1.165) is 40.0 Å². The summed E-state index contributed by atoms with van der Waals surface area (Å²) in [4.78, 5) is 11.0. The van der Waals surface area contributed by atoms with E-state index in [4.69, 9.17) is 5.11 Å². The van der Waals surface area contributed by atoms with Crippen molar-refractivity contribution >= 4 is 17.6 Å². The number of allylic oxidation sites excluding steroid dienone is 1. The predicted octanol–water partition coefficient (Wildman–Crippen LogP) is 6.12. The van der Waals surface area contributed by atoms with Crippen molar-refractivity contribution in [3.63, 3.8) is 0 Å². The predicted molar refractivity (Wildman–Crippen MR) is 115 cm³/mol. The Morgan fingerprint density at radius 2 is 1.66 bits per heavy atom. The average Bonchev–Trinajstić information content (AvgIpc) is 3.26. The van der Waals surface area contributed by atoms with Gasteiger partial charge in [-0.15, -0.1) is 0 Å². The van der Waals surface area contributed by atoms with Crippen molar-refractivity contribution in [3.05, 3.63) is 64.7 Å². The molecule has 2 unspecified atom stereocenters. The molecule has 0 saturated heterocycles. The Labute approximate surface area is 172 Å². The number of hydrogen-bond donors (Lipinski definition) is 2. The van der Waals surface area contributed by atoms with Gasteiger partial charge in [0.15, 0.2) is 0 Å². The van der Waals surface area contributed by atoms with E-state index in [-0.39, 0.29) is 5.41 Å². The van der Waals surface area contributed by atoms with Crippen molar-refractivity contribution in [3.8, 4) is 5.75 Å². The van der Waals surface area contributed by atoms with Crippen LogP contribution in [0.25, 0.3) is 11.6 Å². The van der Waals surface area contributed by atoms with Crippen LogP contribution in [0.5, 0.6) is 5.75 Å². The monoisotopic (exact) mass is 388 g/mol. The lowest BCUT2D eigenvalue weighted by molar-refractivity contribution is 0.0697. The fourth-order valence-electron chi connectivity index (χ4n) is 6.59. The number of phenolic OH excluding ortho intramolecular Hbond substituents is 1. The largest absolute Gasteiger partial charge is 0.508 e. The Morgan fingerprint density at radius 1 is 1.00 bits per heavy atom. The first-order valence-electron chi connectivity index (χ1n) is 10.8. The number of aromatic carboxylic acids is 1. The lowest BCUT2D eigenvalue weighted by Crippen LogP contribution is -2.30. The van der Waals surface area contributed by atoms with Gasteiger partial charge in [0.25, 0.3) is 0 Å². The minimum Gasteiger partial charge on any atom is -0.508 e. The quantitative estimate of drug-likeness (QED) is 0.621. The Balaban J connectivity index is 1.46. The van der Waals surface area contributed by atoms with E-state index in [2.05, 4.69) is 19.1 Å². The summed E-state index contributed by atoms with van der Waals surface area (Å²) in [5.41, 5.74) is 4.86. The first kappa shape index (κ1) is 18.5. The summed E-state index contributed by atoms with van der Waals surface area (Å²) >= 11 is 0. The molecule has 5 rings (SSSR count). The lowest BCUT2D eigenvalue weighted by atomic mass is 9.66. The Hall–Kier alpha value is -2.55. The number of hydrogen-bond acceptors (Lipinski definition) is 2. The normalized spacial score (nSPS) is 30.5. The van der Waals surface area contributed by atoms with Crippen LogP contribution < -0.4 is 0 Å². The molecular formula is C26H28O3. The minimum atomic E-state index is -0.907. The van der Waals surface area contributed by atoms with Crippen LogP contribution in [0.1, 0.15) is 72.5 Å². The van der Waals surface area contributed by atoms with Crippen molar-refractivity contribution in [1.82, 2.24) is 0 Å². The average molecular weight is 389 g/mol. The summed E-state index contributed by atoms with van der Waals surface area (Å²) in [6, 6.07) is 13.0. The van der Waals surface area contributed by atoms with Crippen LogP contribution in [0.2, 0.25) is 0 Å². The van der Waals surface area contributed by atoms with Crippen LogP contribution in [0.15, 0.2) is 42.5 Å². The van der Waals surface area contributed by atoms with Crippen LogP contribution in [-0.2, 0) is 5.41 Å². The Kier molecular flexibility index (Phi) is 4.31. The van der Waals surface area contributed by atoms with Gasteiger partial charge in [0.2, 0.25) is 0 Å². The molecule has 2 N–H and O–H groups in total. The molecule has 2 aromatic rings. The molecule has 0 radical (unpaired) electrons. The van der Waals surface area contributed by atoms with Gasteiger partial charge >= 0.3 is 5.97 Å². The molecule has 150 valence electrons. The molecule has 0 spiro atoms. The molecule has 3 saturated carbocycles. The SMILES string of the molecule is C/C(=C\c1ccc(C(=O)O)cc1)c1ccc(O)c(C23CC4CCCC(C2)C4C3)c1. The summed E-state index contributed by atoms with van der Waals surface area (Å²) in [5, 5.41) is 19.8. The molecule has 0 aromatic heterocycles. The third-order valence-corrected chi connectivity index (χ3v) is 7.86. The second kappa shape index (κ2) is 6.76. The number of benzene rings is 2. The van der Waals surface area contributed by atoms with Crippen LogP contribution in [-0.4, -0.2) is 16.2 Å². The number of carbonyl (C=O) groups is 1. The van der Waals surface area contributed by atoms with Crippen LogP contribution in [0, 0.1) is 17.8 Å². The number of carboxylic acid groups (broad SMARTS) is 1. The van der Waals surface area contributed by atoms with E-state index >= 15 is 0 Å². The summed E-state index contributed by atoms with van der Waals surface area (Å²) in [7, 11) is 0. The van der Waals surface area contributed by atoms with Crippen molar-refractivity contribution in [2.45, 2.75) is 50.9 Å². The molecule has 0 aliphatic heterocycles. The first-order valence-corrected chi connectivity index (χ1v) is 10.8. The van der Waals surface area contributed by atoms with E-state index in [0.29, 0.717) is 11.3 Å². The van der Waals surface area contributed by atoms with E-state index in [1.54, 1.807) is 12.1 Å². The number of carboxylic acids is 1. The molecule has 29 heavy (non-hydrogen) atoms. The molecule has 0 heterocycles. The number of aromatic hydroxyl groups is 1. The van der Waals surface area contributed by atoms with Crippen molar-refractivity contribution < 1.29 is 15.0 Å². The van der Waals surface area contributed by atoms with Crippen molar-refractivity contribution in [2.24, 2.45) is 17.8 Å². The number of fused-ring (bicyclic) bond motifs is 1. The summed E-state index contributed by atoms with van der Waals surface area (Å²) in [6.07, 6.45) is 9.94. The second-order valence-electron chi connectivity index (χ2n) is 9.49. The zero-order valence-electron chi connectivity index (χ0n) is 16.9. The first-order chi connectivity index (χ1) is 13.9. The van der Waals surface area contributed by atoms with E-state index in [1.165, 1.54) is 38.5 Å². The van der Waals surface area contributed by atoms with Gasteiger partial charge in [-0.3, -0.25) is 0 Å². The molecule has 3 nitrogen and oxygen atoms in total. The van der Waals surface area contributed by atoms with Crippen LogP contribution in [0.3, 0.4) is 0 Å². The summed E-state index contributed by atoms with van der Waals surface area (Å²) in [6.45, 7) is 2.08. The highest BCUT2D eigenvalue weighted by atomic mass is 16.4. The maximum atomic E-state index is 11.0. The van der Waals surface area contributed by atoms with Gasteiger partial charge in [0.1, 0.15) is 5.75 Å².